The molecule has 1 aliphatic rings. The maximum Gasteiger partial charge on any atom is 0.319 e. The Bertz CT molecular complexity index is 869. The highest BCUT2D eigenvalue weighted by Crippen LogP contribution is 2.44. The van der Waals surface area contributed by atoms with Crippen LogP contribution in [0.25, 0.3) is 0 Å². The summed E-state index contributed by atoms with van der Waals surface area (Å²) in [5.74, 6) is -0.458. The lowest BCUT2D eigenvalue weighted by atomic mass is 9.73. The van der Waals surface area contributed by atoms with Crippen LogP contribution in [0.5, 0.6) is 0 Å². The molecule has 1 N–H and O–H groups in total. The molecular formula is C25H27NO3. The Balaban J connectivity index is 1.97. The molecule has 2 aromatic carbocycles. The Morgan fingerprint density at radius 1 is 1.17 bits per heavy atom. The number of carbonyl (C=O) groups is 1. The first-order chi connectivity index (χ1) is 13.9. The molecule has 4 nitrogen and oxygen atoms in total. The molecule has 0 saturated carbocycles. The molecule has 0 aromatic heterocycles. The largest absolute Gasteiger partial charge is 0.461 e. The van der Waals surface area contributed by atoms with Crippen molar-refractivity contribution in [3.63, 3.8) is 0 Å². The number of hydrogen-bond donors (Lipinski definition) is 1. The number of esters is 1. The molecule has 0 amide bonds. The second-order valence-corrected chi connectivity index (χ2v) is 7.76. The van der Waals surface area contributed by atoms with E-state index in [0.29, 0.717) is 6.42 Å². The van der Waals surface area contributed by atoms with E-state index in [1.807, 2.05) is 66.7 Å². The van der Waals surface area contributed by atoms with Gasteiger partial charge in [-0.25, -0.2) is 0 Å². The molecule has 4 heteroatoms. The Hall–Kier alpha value is -2.98. The Kier molecular flexibility index (Phi) is 6.14. The van der Waals surface area contributed by atoms with Gasteiger partial charge in [0, 0.05) is 11.1 Å². The van der Waals surface area contributed by atoms with Crippen molar-refractivity contribution in [3.05, 3.63) is 96.6 Å². The maximum absolute atomic E-state index is 12.8. The lowest BCUT2D eigenvalue weighted by Gasteiger charge is -2.37. The Morgan fingerprint density at radius 2 is 1.72 bits per heavy atom. The van der Waals surface area contributed by atoms with Gasteiger partial charge in [-0.05, 0) is 20.3 Å². The van der Waals surface area contributed by atoms with Crippen molar-refractivity contribution in [1.82, 2.24) is 0 Å². The van der Waals surface area contributed by atoms with E-state index in [2.05, 4.69) is 6.58 Å². The van der Waals surface area contributed by atoms with E-state index in [0.717, 1.165) is 16.8 Å². The van der Waals surface area contributed by atoms with Crippen LogP contribution in [0.2, 0.25) is 0 Å². The van der Waals surface area contributed by atoms with Crippen LogP contribution >= 0.6 is 0 Å². The molecule has 0 fully saturated rings. The molecule has 29 heavy (non-hydrogen) atoms. The van der Waals surface area contributed by atoms with Crippen molar-refractivity contribution < 1.29 is 14.6 Å². The number of aliphatic imine (C=N–C) groups is 1. The molecule has 0 spiro atoms. The summed E-state index contributed by atoms with van der Waals surface area (Å²) in [7, 11) is 0. The van der Waals surface area contributed by atoms with E-state index in [9.17, 15) is 9.90 Å². The first kappa shape index (κ1) is 20.7. The molecule has 0 aliphatic heterocycles. The van der Waals surface area contributed by atoms with Crippen molar-refractivity contribution in [2.75, 3.05) is 6.61 Å². The summed E-state index contributed by atoms with van der Waals surface area (Å²) in [5.41, 5.74) is 0.421. The van der Waals surface area contributed by atoms with Gasteiger partial charge < -0.3 is 9.84 Å². The average molecular weight is 389 g/mol. The van der Waals surface area contributed by atoms with Gasteiger partial charge in [0.15, 0.2) is 0 Å². The zero-order chi connectivity index (χ0) is 20.9. The smallest absolute Gasteiger partial charge is 0.319 e. The first-order valence-electron chi connectivity index (χ1n) is 9.76. The van der Waals surface area contributed by atoms with Crippen LogP contribution in [-0.4, -0.2) is 35.0 Å². The SMILES string of the molecule is C=CCOC(=O)C1(C(C)(C)O)C=C[C@@H](N=C(c2ccccc2)c2ccccc2)C1. The summed E-state index contributed by atoms with van der Waals surface area (Å²) in [4.78, 5) is 17.8. The first-order valence-corrected chi connectivity index (χ1v) is 9.76. The highest BCUT2D eigenvalue weighted by Gasteiger charge is 2.53. The van der Waals surface area contributed by atoms with E-state index < -0.39 is 17.0 Å². The van der Waals surface area contributed by atoms with E-state index >= 15 is 0 Å². The van der Waals surface area contributed by atoms with E-state index in [-0.39, 0.29) is 12.6 Å². The summed E-state index contributed by atoms with van der Waals surface area (Å²) < 4.78 is 5.31. The second-order valence-electron chi connectivity index (χ2n) is 7.76. The monoisotopic (exact) mass is 389 g/mol. The number of hydrogen-bond acceptors (Lipinski definition) is 4. The molecule has 2 atom stereocenters. The third-order valence-corrected chi connectivity index (χ3v) is 5.31. The lowest BCUT2D eigenvalue weighted by molar-refractivity contribution is -0.164. The highest BCUT2D eigenvalue weighted by molar-refractivity contribution is 6.13. The zero-order valence-electron chi connectivity index (χ0n) is 16.9. The molecule has 0 bridgehead atoms. The molecule has 1 unspecified atom stereocenters. The minimum Gasteiger partial charge on any atom is -0.461 e. The molecule has 2 aromatic rings. The number of benzene rings is 2. The fourth-order valence-corrected chi connectivity index (χ4v) is 3.62. The van der Waals surface area contributed by atoms with Crippen molar-refractivity contribution in [2.24, 2.45) is 10.4 Å². The van der Waals surface area contributed by atoms with Crippen LogP contribution in [-0.2, 0) is 9.53 Å². The van der Waals surface area contributed by atoms with Crippen molar-refractivity contribution in [2.45, 2.75) is 31.9 Å². The molecule has 0 heterocycles. The topological polar surface area (TPSA) is 58.9 Å². The average Bonchev–Trinajstić information content (AvgIpc) is 3.17. The summed E-state index contributed by atoms with van der Waals surface area (Å²) >= 11 is 0. The number of nitrogens with zero attached hydrogens (tertiary/aromatic N) is 1. The summed E-state index contributed by atoms with van der Waals surface area (Å²) in [6.45, 7) is 6.96. The summed E-state index contributed by atoms with van der Waals surface area (Å²) in [6.07, 6.45) is 5.50. The van der Waals surface area contributed by atoms with Crippen molar-refractivity contribution >= 4 is 11.7 Å². The molecule has 3 rings (SSSR count). The minimum absolute atomic E-state index is 0.109. The van der Waals surface area contributed by atoms with Gasteiger partial charge in [0.25, 0.3) is 0 Å². The zero-order valence-corrected chi connectivity index (χ0v) is 16.9. The van der Waals surface area contributed by atoms with Gasteiger partial charge in [0.2, 0.25) is 0 Å². The van der Waals surface area contributed by atoms with Crippen LogP contribution < -0.4 is 0 Å². The number of rotatable bonds is 7. The summed E-state index contributed by atoms with van der Waals surface area (Å²) in [6, 6.07) is 19.7. The third kappa shape index (κ3) is 4.38. The van der Waals surface area contributed by atoms with Crippen molar-refractivity contribution in [3.8, 4) is 0 Å². The number of carbonyl (C=O) groups excluding carboxylic acids is 1. The maximum atomic E-state index is 12.8. The Labute approximate surface area is 172 Å². The van der Waals surface area contributed by atoms with Gasteiger partial charge in [-0.3, -0.25) is 9.79 Å². The van der Waals surface area contributed by atoms with E-state index in [4.69, 9.17) is 9.73 Å². The normalized spacial score (nSPS) is 20.9. The number of ether oxygens (including phenoxy) is 1. The lowest BCUT2D eigenvalue weighted by Crippen LogP contribution is -2.48. The fourth-order valence-electron chi connectivity index (χ4n) is 3.62. The molecule has 1 aliphatic carbocycles. The third-order valence-electron chi connectivity index (χ3n) is 5.31. The van der Waals surface area contributed by atoms with E-state index in [1.165, 1.54) is 6.08 Å². The standard InChI is InChI=1S/C25H27NO3/c1-4-17-29-23(27)25(24(2,3)28)16-15-21(18-25)26-22(19-11-7-5-8-12-19)20-13-9-6-10-14-20/h4-16,21,28H,1,17-18H2,2-3H3/t21-,25?/m1/s1. The second kappa shape index (κ2) is 8.58. The van der Waals surface area contributed by atoms with Gasteiger partial charge in [0.05, 0.1) is 17.4 Å². The molecule has 150 valence electrons. The van der Waals surface area contributed by atoms with Gasteiger partial charge in [-0.2, -0.15) is 0 Å². The minimum atomic E-state index is -1.29. The van der Waals surface area contributed by atoms with Gasteiger partial charge in [0.1, 0.15) is 12.0 Å². The molecular weight excluding hydrogens is 362 g/mol. The number of aliphatic hydroxyl groups is 1. The molecule has 0 saturated heterocycles. The van der Waals surface area contributed by atoms with E-state index in [1.54, 1.807) is 19.9 Å². The van der Waals surface area contributed by atoms with Crippen LogP contribution in [0.3, 0.4) is 0 Å². The predicted octanol–water partition coefficient (Wildman–Crippen LogP) is 4.34. The highest BCUT2D eigenvalue weighted by atomic mass is 16.5. The van der Waals surface area contributed by atoms with Crippen LogP contribution in [0, 0.1) is 5.41 Å². The van der Waals surface area contributed by atoms with Gasteiger partial charge >= 0.3 is 5.97 Å². The fraction of sp³-hybridized carbons (Fsp3) is 0.280. The van der Waals surface area contributed by atoms with Crippen LogP contribution in [0.1, 0.15) is 31.4 Å². The Morgan fingerprint density at radius 3 is 2.21 bits per heavy atom. The van der Waals surface area contributed by atoms with Gasteiger partial charge in [-0.15, -0.1) is 0 Å². The summed E-state index contributed by atoms with van der Waals surface area (Å²) in [5, 5.41) is 10.8. The van der Waals surface area contributed by atoms with Crippen LogP contribution in [0.4, 0.5) is 0 Å². The molecule has 0 radical (unpaired) electrons. The quantitative estimate of drug-likeness (QED) is 0.435. The van der Waals surface area contributed by atoms with Gasteiger partial charge in [-0.1, -0.05) is 85.5 Å². The van der Waals surface area contributed by atoms with Crippen molar-refractivity contribution in [1.29, 1.82) is 0 Å². The van der Waals surface area contributed by atoms with Crippen LogP contribution in [0.15, 0.2) is 90.5 Å². The predicted molar refractivity (Wildman–Crippen MR) is 116 cm³/mol.